The number of ether oxygens (including phenoxy) is 1. The fourth-order valence-corrected chi connectivity index (χ4v) is 2.51. The molecule has 2 nitrogen and oxygen atoms in total. The number of rotatable bonds is 1. The highest BCUT2D eigenvalue weighted by atomic mass is 19.4. The zero-order chi connectivity index (χ0) is 17.5. The van der Waals surface area contributed by atoms with Crippen LogP contribution in [-0.2, 0) is 12.4 Å². The molecule has 0 spiro atoms. The van der Waals surface area contributed by atoms with Gasteiger partial charge in [-0.05, 0) is 29.8 Å². The Hall–Kier alpha value is -2.38. The van der Waals surface area contributed by atoms with Gasteiger partial charge in [0.1, 0.15) is 12.4 Å². The molecule has 0 amide bonds. The van der Waals surface area contributed by atoms with Crippen LogP contribution in [-0.4, -0.2) is 13.2 Å². The van der Waals surface area contributed by atoms with E-state index in [1.54, 1.807) is 12.1 Å². The van der Waals surface area contributed by atoms with Crippen LogP contribution >= 0.6 is 0 Å². The lowest BCUT2D eigenvalue weighted by Crippen LogP contribution is -2.18. The number of anilines is 1. The van der Waals surface area contributed by atoms with Gasteiger partial charge in [0.25, 0.3) is 0 Å². The van der Waals surface area contributed by atoms with Crippen molar-refractivity contribution in [3.05, 3.63) is 47.5 Å². The molecular weight excluding hydrogens is 336 g/mol. The Labute approximate surface area is 133 Å². The normalized spacial score (nSPS) is 14.6. The van der Waals surface area contributed by atoms with Crippen LogP contribution in [0.3, 0.4) is 0 Å². The molecule has 1 aliphatic rings. The topological polar surface area (TPSA) is 21.3 Å². The predicted octanol–water partition coefficient (Wildman–Crippen LogP) is 5.20. The molecule has 0 saturated heterocycles. The summed E-state index contributed by atoms with van der Waals surface area (Å²) < 4.78 is 83.3. The van der Waals surface area contributed by atoms with Gasteiger partial charge in [-0.15, -0.1) is 0 Å². The van der Waals surface area contributed by atoms with Gasteiger partial charge in [-0.25, -0.2) is 0 Å². The quantitative estimate of drug-likeness (QED) is 0.717. The molecule has 1 heterocycles. The van der Waals surface area contributed by atoms with E-state index in [0.717, 1.165) is 0 Å². The Bertz CT molecular complexity index is 734. The van der Waals surface area contributed by atoms with Crippen LogP contribution in [0.25, 0.3) is 11.1 Å². The highest BCUT2D eigenvalue weighted by Crippen LogP contribution is 2.43. The molecule has 0 saturated carbocycles. The van der Waals surface area contributed by atoms with E-state index in [1.807, 2.05) is 0 Å². The van der Waals surface area contributed by atoms with Crippen molar-refractivity contribution in [1.82, 2.24) is 0 Å². The molecule has 0 unspecified atom stereocenters. The van der Waals surface area contributed by atoms with E-state index in [-0.39, 0.29) is 29.5 Å². The molecule has 2 aromatic rings. The SMILES string of the molecule is FC(F)(F)c1cc(-c2cccc3c2OCCN3)cc(C(F)(F)F)c1. The number of para-hydroxylation sites is 1. The Morgan fingerprint density at radius 2 is 1.50 bits per heavy atom. The van der Waals surface area contributed by atoms with Crippen molar-refractivity contribution in [2.24, 2.45) is 0 Å². The molecule has 24 heavy (non-hydrogen) atoms. The smallest absolute Gasteiger partial charge is 0.416 e. The third kappa shape index (κ3) is 3.13. The van der Waals surface area contributed by atoms with Crippen molar-refractivity contribution in [2.75, 3.05) is 18.5 Å². The molecule has 128 valence electrons. The summed E-state index contributed by atoms with van der Waals surface area (Å²) >= 11 is 0. The first-order valence-corrected chi connectivity index (χ1v) is 6.96. The average molecular weight is 347 g/mol. The van der Waals surface area contributed by atoms with E-state index in [2.05, 4.69) is 5.32 Å². The van der Waals surface area contributed by atoms with E-state index in [4.69, 9.17) is 4.74 Å². The Kier molecular flexibility index (Phi) is 3.85. The molecule has 1 N–H and O–H groups in total. The molecule has 0 atom stereocenters. The summed E-state index contributed by atoms with van der Waals surface area (Å²) in [6, 6.07) is 6.13. The van der Waals surface area contributed by atoms with Gasteiger partial charge in [0, 0.05) is 12.1 Å². The van der Waals surface area contributed by atoms with E-state index < -0.39 is 23.5 Å². The van der Waals surface area contributed by atoms with E-state index in [0.29, 0.717) is 24.4 Å². The van der Waals surface area contributed by atoms with Gasteiger partial charge in [0.15, 0.2) is 0 Å². The maximum atomic E-state index is 13.0. The van der Waals surface area contributed by atoms with Crippen LogP contribution in [0.15, 0.2) is 36.4 Å². The lowest BCUT2D eigenvalue weighted by atomic mass is 9.97. The highest BCUT2D eigenvalue weighted by Gasteiger charge is 2.37. The van der Waals surface area contributed by atoms with Crippen molar-refractivity contribution in [3.63, 3.8) is 0 Å². The molecule has 0 radical (unpaired) electrons. The fourth-order valence-electron chi connectivity index (χ4n) is 2.51. The second-order valence-corrected chi connectivity index (χ2v) is 5.25. The zero-order valence-corrected chi connectivity index (χ0v) is 12.1. The first-order chi connectivity index (χ1) is 11.2. The molecule has 1 aliphatic heterocycles. The Morgan fingerprint density at radius 3 is 2.08 bits per heavy atom. The first kappa shape index (κ1) is 16.5. The standard InChI is InChI=1S/C16H11F6NO/c17-15(18,19)10-6-9(7-11(8-10)16(20,21)22)12-2-1-3-13-14(12)24-5-4-23-13/h1-3,6-8,23H,4-5H2. The predicted molar refractivity (Wildman–Crippen MR) is 75.9 cm³/mol. The third-order valence-electron chi connectivity index (χ3n) is 3.58. The molecule has 0 fully saturated rings. The largest absolute Gasteiger partial charge is 0.489 e. The summed E-state index contributed by atoms with van der Waals surface area (Å²) in [5.74, 6) is 0.246. The van der Waals surface area contributed by atoms with Crippen molar-refractivity contribution >= 4 is 5.69 Å². The molecular formula is C16H11F6NO. The van der Waals surface area contributed by atoms with Crippen LogP contribution in [0.1, 0.15) is 11.1 Å². The number of nitrogens with one attached hydrogen (secondary N) is 1. The second-order valence-electron chi connectivity index (χ2n) is 5.25. The highest BCUT2D eigenvalue weighted by molar-refractivity contribution is 5.79. The van der Waals surface area contributed by atoms with Gasteiger partial charge in [-0.1, -0.05) is 12.1 Å². The van der Waals surface area contributed by atoms with Crippen LogP contribution in [0.5, 0.6) is 5.75 Å². The zero-order valence-electron chi connectivity index (χ0n) is 12.1. The van der Waals surface area contributed by atoms with E-state index in [1.165, 1.54) is 6.07 Å². The summed E-state index contributed by atoms with van der Waals surface area (Å²) in [6.45, 7) is 0.780. The van der Waals surface area contributed by atoms with Gasteiger partial charge >= 0.3 is 12.4 Å². The number of halogens is 6. The lowest BCUT2D eigenvalue weighted by Gasteiger charge is -2.22. The minimum atomic E-state index is -4.88. The minimum absolute atomic E-state index is 0.109. The molecule has 3 rings (SSSR count). The maximum Gasteiger partial charge on any atom is 0.416 e. The fraction of sp³-hybridized carbons (Fsp3) is 0.250. The summed E-state index contributed by atoms with van der Waals surface area (Å²) in [4.78, 5) is 0. The maximum absolute atomic E-state index is 13.0. The number of alkyl halides is 6. The summed E-state index contributed by atoms with van der Waals surface area (Å²) in [7, 11) is 0. The summed E-state index contributed by atoms with van der Waals surface area (Å²) in [5, 5.41) is 2.99. The summed E-state index contributed by atoms with van der Waals surface area (Å²) in [5.41, 5.74) is -2.19. The van der Waals surface area contributed by atoms with E-state index in [9.17, 15) is 26.3 Å². The molecule has 8 heteroatoms. The van der Waals surface area contributed by atoms with Gasteiger partial charge in [0.2, 0.25) is 0 Å². The average Bonchev–Trinajstić information content (AvgIpc) is 2.52. The number of benzene rings is 2. The van der Waals surface area contributed by atoms with Gasteiger partial charge in [0.05, 0.1) is 16.8 Å². The van der Waals surface area contributed by atoms with Gasteiger partial charge in [-0.3, -0.25) is 0 Å². The van der Waals surface area contributed by atoms with Gasteiger partial charge in [-0.2, -0.15) is 26.3 Å². The van der Waals surface area contributed by atoms with Gasteiger partial charge < -0.3 is 10.1 Å². The molecule has 0 bridgehead atoms. The van der Waals surface area contributed by atoms with Crippen LogP contribution < -0.4 is 10.1 Å². The summed E-state index contributed by atoms with van der Waals surface area (Å²) in [6.07, 6.45) is -9.77. The van der Waals surface area contributed by atoms with Crippen molar-refractivity contribution in [3.8, 4) is 16.9 Å². The number of hydrogen-bond acceptors (Lipinski definition) is 2. The minimum Gasteiger partial charge on any atom is -0.489 e. The third-order valence-corrected chi connectivity index (χ3v) is 3.58. The van der Waals surface area contributed by atoms with Crippen molar-refractivity contribution in [1.29, 1.82) is 0 Å². The Morgan fingerprint density at radius 1 is 0.875 bits per heavy atom. The lowest BCUT2D eigenvalue weighted by molar-refractivity contribution is -0.143. The van der Waals surface area contributed by atoms with E-state index >= 15 is 0 Å². The molecule has 2 aromatic carbocycles. The van der Waals surface area contributed by atoms with Crippen LogP contribution in [0.4, 0.5) is 32.0 Å². The number of hydrogen-bond donors (Lipinski definition) is 1. The second kappa shape index (κ2) is 5.61. The monoisotopic (exact) mass is 347 g/mol. The number of fused-ring (bicyclic) bond motifs is 1. The van der Waals surface area contributed by atoms with Crippen LogP contribution in [0, 0.1) is 0 Å². The van der Waals surface area contributed by atoms with Crippen LogP contribution in [0.2, 0.25) is 0 Å². The molecule has 0 aromatic heterocycles. The molecule has 0 aliphatic carbocycles. The van der Waals surface area contributed by atoms with Crippen molar-refractivity contribution < 1.29 is 31.1 Å². The van der Waals surface area contributed by atoms with Crippen molar-refractivity contribution in [2.45, 2.75) is 12.4 Å². The Balaban J connectivity index is 2.21. The first-order valence-electron chi connectivity index (χ1n) is 6.96.